The van der Waals surface area contributed by atoms with Crippen molar-refractivity contribution in [3.8, 4) is 0 Å². The van der Waals surface area contributed by atoms with Gasteiger partial charge in [0, 0.05) is 10.5 Å². The molecule has 0 bridgehead atoms. The summed E-state index contributed by atoms with van der Waals surface area (Å²) in [5, 5.41) is 6.31. The van der Waals surface area contributed by atoms with Crippen LogP contribution in [0.5, 0.6) is 0 Å². The second kappa shape index (κ2) is 5.13. The predicted molar refractivity (Wildman–Crippen MR) is 72.9 cm³/mol. The van der Waals surface area contributed by atoms with E-state index in [4.69, 9.17) is 0 Å². The highest BCUT2D eigenvalue weighted by atomic mass is 79.9. The van der Waals surface area contributed by atoms with Gasteiger partial charge in [-0.2, -0.15) is 5.10 Å². The monoisotopic (exact) mass is 365 g/mol. The molecule has 1 aromatic carbocycles. The van der Waals surface area contributed by atoms with Gasteiger partial charge < -0.3 is 0 Å². The van der Waals surface area contributed by atoms with E-state index in [0.29, 0.717) is 11.8 Å². The van der Waals surface area contributed by atoms with Crippen LogP contribution < -0.4 is 4.72 Å². The lowest BCUT2D eigenvalue weighted by Gasteiger charge is -2.11. The topological polar surface area (TPSA) is 74.8 Å². The summed E-state index contributed by atoms with van der Waals surface area (Å²) in [7, 11) is -4.03. The number of aromatic nitrogens is 2. The smallest absolute Gasteiger partial charge is 0.265 e. The Balaban J connectivity index is 2.50. The van der Waals surface area contributed by atoms with Crippen molar-refractivity contribution >= 4 is 31.6 Å². The molecule has 0 atom stereocenters. The Morgan fingerprint density at radius 3 is 2.45 bits per heavy atom. The molecule has 9 heteroatoms. The summed E-state index contributed by atoms with van der Waals surface area (Å²) in [5.41, 5.74) is 0.230. The van der Waals surface area contributed by atoms with Gasteiger partial charge in [-0.15, -0.1) is 0 Å². The van der Waals surface area contributed by atoms with Crippen molar-refractivity contribution < 1.29 is 17.2 Å². The van der Waals surface area contributed by atoms with Gasteiger partial charge in [-0.05, 0) is 35.8 Å². The Kier molecular flexibility index (Phi) is 3.83. The van der Waals surface area contributed by atoms with Gasteiger partial charge in [0.25, 0.3) is 10.0 Å². The van der Waals surface area contributed by atoms with Crippen molar-refractivity contribution in [1.29, 1.82) is 0 Å². The summed E-state index contributed by atoms with van der Waals surface area (Å²) in [6.45, 7) is 3.04. The molecule has 0 saturated carbocycles. The van der Waals surface area contributed by atoms with Crippen LogP contribution in [0.3, 0.4) is 0 Å². The molecular formula is C11H10BrF2N3O2S. The SMILES string of the molecule is Cc1n[nH]c(C)c1S(=O)(=O)Nc1c(F)cc(F)cc1Br. The number of nitrogens with one attached hydrogen (secondary N) is 2. The van der Waals surface area contributed by atoms with E-state index in [0.717, 1.165) is 6.07 Å². The van der Waals surface area contributed by atoms with Crippen LogP contribution in [0.25, 0.3) is 0 Å². The predicted octanol–water partition coefficient (Wildman–Crippen LogP) is 2.87. The first-order chi connectivity index (χ1) is 9.22. The number of benzene rings is 1. The second-order valence-electron chi connectivity index (χ2n) is 4.11. The molecule has 0 aliphatic heterocycles. The van der Waals surface area contributed by atoms with Crippen LogP contribution in [-0.2, 0) is 10.0 Å². The quantitative estimate of drug-likeness (QED) is 0.877. The average Bonchev–Trinajstić information content (AvgIpc) is 2.64. The van der Waals surface area contributed by atoms with Gasteiger partial charge >= 0.3 is 0 Å². The molecular weight excluding hydrogens is 356 g/mol. The molecule has 1 heterocycles. The number of sulfonamides is 1. The van der Waals surface area contributed by atoms with E-state index in [1.54, 1.807) is 0 Å². The molecule has 0 radical (unpaired) electrons. The zero-order chi connectivity index (χ0) is 15.1. The Hall–Kier alpha value is -1.48. The van der Waals surface area contributed by atoms with Crippen molar-refractivity contribution in [2.75, 3.05) is 4.72 Å². The van der Waals surface area contributed by atoms with E-state index in [1.807, 2.05) is 0 Å². The largest absolute Gasteiger partial charge is 0.281 e. The number of aryl methyl sites for hydroxylation is 2. The van der Waals surface area contributed by atoms with E-state index in [1.165, 1.54) is 13.8 Å². The van der Waals surface area contributed by atoms with Crippen molar-refractivity contribution in [3.05, 3.63) is 39.6 Å². The Labute approximate surface area is 122 Å². The Morgan fingerprint density at radius 2 is 1.95 bits per heavy atom. The number of halogens is 3. The van der Waals surface area contributed by atoms with Crippen LogP contribution >= 0.6 is 15.9 Å². The molecule has 2 rings (SSSR count). The normalized spacial score (nSPS) is 11.7. The minimum absolute atomic E-state index is 0.0302. The molecule has 2 N–H and O–H groups in total. The Morgan fingerprint density at radius 1 is 1.30 bits per heavy atom. The third-order valence-corrected chi connectivity index (χ3v) is 4.81. The molecule has 0 unspecified atom stereocenters. The molecule has 1 aromatic heterocycles. The standard InChI is InChI=1S/C11H10BrF2N3O2S/c1-5-11(6(2)16-15-5)20(18,19)17-10-8(12)3-7(13)4-9(10)14/h3-4,17H,1-2H3,(H,15,16). The summed E-state index contributed by atoms with van der Waals surface area (Å²) in [4.78, 5) is -0.0619. The lowest BCUT2D eigenvalue weighted by molar-refractivity contribution is 0.581. The molecule has 0 spiro atoms. The highest BCUT2D eigenvalue weighted by molar-refractivity contribution is 9.10. The number of hydrogen-bond acceptors (Lipinski definition) is 3. The zero-order valence-electron chi connectivity index (χ0n) is 10.5. The van der Waals surface area contributed by atoms with E-state index < -0.39 is 21.7 Å². The Bertz CT molecular complexity index is 731. The molecule has 0 aliphatic carbocycles. The second-order valence-corrected chi connectivity index (χ2v) is 6.59. The van der Waals surface area contributed by atoms with Crippen LogP contribution in [0.4, 0.5) is 14.5 Å². The highest BCUT2D eigenvalue weighted by Gasteiger charge is 2.24. The molecule has 0 aliphatic rings. The summed E-state index contributed by atoms with van der Waals surface area (Å²) in [6, 6.07) is 1.56. The first-order valence-electron chi connectivity index (χ1n) is 5.41. The lowest BCUT2D eigenvalue weighted by atomic mass is 10.3. The third kappa shape index (κ3) is 2.68. The van der Waals surface area contributed by atoms with Crippen LogP contribution in [-0.4, -0.2) is 18.6 Å². The minimum Gasteiger partial charge on any atom is -0.281 e. The van der Waals surface area contributed by atoms with Gasteiger partial charge in [0.15, 0.2) is 5.82 Å². The number of nitrogens with zero attached hydrogens (tertiary/aromatic N) is 1. The molecule has 2 aromatic rings. The summed E-state index contributed by atoms with van der Waals surface area (Å²) >= 11 is 2.92. The number of H-pyrrole nitrogens is 1. The van der Waals surface area contributed by atoms with E-state index in [-0.39, 0.29) is 20.7 Å². The van der Waals surface area contributed by atoms with Gasteiger partial charge in [-0.1, -0.05) is 0 Å². The number of hydrogen-bond donors (Lipinski definition) is 2. The van der Waals surface area contributed by atoms with Crippen LogP contribution in [0, 0.1) is 25.5 Å². The van der Waals surface area contributed by atoms with E-state index in [9.17, 15) is 17.2 Å². The maximum Gasteiger partial charge on any atom is 0.265 e. The molecule has 0 amide bonds. The summed E-state index contributed by atoms with van der Waals surface area (Å²) in [5.74, 6) is -1.83. The van der Waals surface area contributed by atoms with Crippen molar-refractivity contribution in [1.82, 2.24) is 10.2 Å². The van der Waals surface area contributed by atoms with E-state index in [2.05, 4.69) is 30.8 Å². The maximum atomic E-state index is 13.7. The number of rotatable bonds is 3. The van der Waals surface area contributed by atoms with Gasteiger partial charge in [-0.3, -0.25) is 9.82 Å². The first-order valence-corrected chi connectivity index (χ1v) is 7.69. The van der Waals surface area contributed by atoms with Gasteiger partial charge in [0.05, 0.1) is 17.1 Å². The van der Waals surface area contributed by atoms with E-state index >= 15 is 0 Å². The highest BCUT2D eigenvalue weighted by Crippen LogP contribution is 2.30. The summed E-state index contributed by atoms with van der Waals surface area (Å²) in [6.07, 6.45) is 0. The molecule has 108 valence electrons. The fourth-order valence-electron chi connectivity index (χ4n) is 1.76. The van der Waals surface area contributed by atoms with Crippen molar-refractivity contribution in [2.24, 2.45) is 0 Å². The van der Waals surface area contributed by atoms with Crippen LogP contribution in [0.1, 0.15) is 11.4 Å². The molecule has 0 saturated heterocycles. The summed E-state index contributed by atoms with van der Waals surface area (Å²) < 4.78 is 53.2. The fourth-order valence-corrected chi connectivity index (χ4v) is 3.86. The van der Waals surface area contributed by atoms with Crippen LogP contribution in [0.15, 0.2) is 21.5 Å². The van der Waals surface area contributed by atoms with Crippen molar-refractivity contribution in [3.63, 3.8) is 0 Å². The zero-order valence-corrected chi connectivity index (χ0v) is 12.9. The van der Waals surface area contributed by atoms with Crippen LogP contribution in [0.2, 0.25) is 0 Å². The molecule has 20 heavy (non-hydrogen) atoms. The first kappa shape index (κ1) is 14.9. The van der Waals surface area contributed by atoms with Gasteiger partial charge in [0.2, 0.25) is 0 Å². The third-order valence-electron chi connectivity index (χ3n) is 2.57. The van der Waals surface area contributed by atoms with Gasteiger partial charge in [-0.25, -0.2) is 17.2 Å². The number of aromatic amines is 1. The minimum atomic E-state index is -4.03. The van der Waals surface area contributed by atoms with Gasteiger partial charge in [0.1, 0.15) is 10.7 Å². The number of anilines is 1. The lowest BCUT2D eigenvalue weighted by Crippen LogP contribution is -2.16. The maximum absolute atomic E-state index is 13.7. The van der Waals surface area contributed by atoms with Crippen molar-refractivity contribution in [2.45, 2.75) is 18.7 Å². The average molecular weight is 366 g/mol. The molecule has 5 nitrogen and oxygen atoms in total. The fraction of sp³-hybridized carbons (Fsp3) is 0.182. The molecule has 0 fully saturated rings.